The molecule has 0 unspecified atom stereocenters. The fraction of sp³-hybridized carbons (Fsp3) is 0.643. The van der Waals surface area contributed by atoms with Crippen molar-refractivity contribution in [3.05, 3.63) is 22.3 Å². The van der Waals surface area contributed by atoms with Crippen molar-refractivity contribution in [2.24, 2.45) is 5.92 Å². The van der Waals surface area contributed by atoms with Crippen molar-refractivity contribution in [1.82, 2.24) is 9.88 Å². The molecule has 2 rings (SSSR count). The van der Waals surface area contributed by atoms with Crippen molar-refractivity contribution >= 4 is 21.7 Å². The molecule has 0 spiro atoms. The van der Waals surface area contributed by atoms with Gasteiger partial charge in [-0.2, -0.15) is 0 Å². The molecule has 1 aromatic heterocycles. The number of rotatable bonds is 4. The van der Waals surface area contributed by atoms with Crippen LogP contribution in [0.5, 0.6) is 0 Å². The SMILES string of the molecule is Cc1nc(NCCC2CCN(C)CC2)ccc1Br. The minimum Gasteiger partial charge on any atom is -0.370 e. The smallest absolute Gasteiger partial charge is 0.126 e. The maximum atomic E-state index is 4.50. The van der Waals surface area contributed by atoms with Gasteiger partial charge in [-0.25, -0.2) is 4.98 Å². The third-order valence-corrected chi connectivity index (χ3v) is 4.56. The quantitative estimate of drug-likeness (QED) is 0.924. The number of hydrogen-bond acceptors (Lipinski definition) is 3. The zero-order valence-corrected chi connectivity index (χ0v) is 12.8. The van der Waals surface area contributed by atoms with Gasteiger partial charge in [0.05, 0.1) is 5.69 Å². The average molecular weight is 312 g/mol. The Hall–Kier alpha value is -0.610. The molecule has 100 valence electrons. The van der Waals surface area contributed by atoms with Gasteiger partial charge in [0.25, 0.3) is 0 Å². The summed E-state index contributed by atoms with van der Waals surface area (Å²) in [6.07, 6.45) is 3.93. The number of pyridine rings is 1. The highest BCUT2D eigenvalue weighted by Crippen LogP contribution is 2.20. The molecule has 18 heavy (non-hydrogen) atoms. The topological polar surface area (TPSA) is 28.2 Å². The maximum Gasteiger partial charge on any atom is 0.126 e. The Morgan fingerprint density at radius 3 is 2.78 bits per heavy atom. The van der Waals surface area contributed by atoms with Crippen molar-refractivity contribution in [3.63, 3.8) is 0 Å². The number of aromatic nitrogens is 1. The molecule has 1 aliphatic heterocycles. The van der Waals surface area contributed by atoms with E-state index < -0.39 is 0 Å². The molecule has 1 saturated heterocycles. The summed E-state index contributed by atoms with van der Waals surface area (Å²) in [7, 11) is 2.21. The highest BCUT2D eigenvalue weighted by molar-refractivity contribution is 9.10. The van der Waals surface area contributed by atoms with Crippen LogP contribution < -0.4 is 5.32 Å². The monoisotopic (exact) mass is 311 g/mol. The Balaban J connectivity index is 1.73. The summed E-state index contributed by atoms with van der Waals surface area (Å²) in [4.78, 5) is 6.92. The van der Waals surface area contributed by atoms with Crippen molar-refractivity contribution in [2.75, 3.05) is 32.0 Å². The highest BCUT2D eigenvalue weighted by atomic mass is 79.9. The lowest BCUT2D eigenvalue weighted by Gasteiger charge is -2.28. The summed E-state index contributed by atoms with van der Waals surface area (Å²) in [6.45, 7) is 5.55. The lowest BCUT2D eigenvalue weighted by atomic mass is 9.94. The van der Waals surface area contributed by atoms with Crippen molar-refractivity contribution in [1.29, 1.82) is 0 Å². The fourth-order valence-electron chi connectivity index (χ4n) is 2.40. The Morgan fingerprint density at radius 2 is 2.11 bits per heavy atom. The zero-order valence-electron chi connectivity index (χ0n) is 11.2. The predicted octanol–water partition coefficient (Wildman–Crippen LogP) is 3.30. The van der Waals surface area contributed by atoms with Crippen LogP contribution in [0.2, 0.25) is 0 Å². The molecule has 3 nitrogen and oxygen atoms in total. The Labute approximate surface area is 118 Å². The molecule has 0 aliphatic carbocycles. The molecule has 2 heterocycles. The van der Waals surface area contributed by atoms with Crippen LogP contribution in [-0.4, -0.2) is 36.6 Å². The third-order valence-electron chi connectivity index (χ3n) is 3.72. The van der Waals surface area contributed by atoms with Gasteiger partial charge in [-0.05, 0) is 80.3 Å². The summed E-state index contributed by atoms with van der Waals surface area (Å²) in [6, 6.07) is 4.09. The number of likely N-dealkylation sites (tertiary alicyclic amines) is 1. The Morgan fingerprint density at radius 1 is 1.39 bits per heavy atom. The number of nitrogens with one attached hydrogen (secondary N) is 1. The van der Waals surface area contributed by atoms with E-state index in [-0.39, 0.29) is 0 Å². The first-order valence-electron chi connectivity index (χ1n) is 6.70. The maximum absolute atomic E-state index is 4.50. The normalized spacial score (nSPS) is 17.9. The van der Waals surface area contributed by atoms with Gasteiger partial charge in [-0.1, -0.05) is 0 Å². The molecule has 0 radical (unpaired) electrons. The zero-order chi connectivity index (χ0) is 13.0. The highest BCUT2D eigenvalue weighted by Gasteiger charge is 2.15. The summed E-state index contributed by atoms with van der Waals surface area (Å²) in [5.41, 5.74) is 1.04. The van der Waals surface area contributed by atoms with Crippen LogP contribution in [0.25, 0.3) is 0 Å². The molecule has 1 aliphatic rings. The summed E-state index contributed by atoms with van der Waals surface area (Å²) < 4.78 is 1.07. The van der Waals surface area contributed by atoms with Gasteiger partial charge >= 0.3 is 0 Å². The van der Waals surface area contributed by atoms with Crippen LogP contribution in [0.1, 0.15) is 25.0 Å². The number of aryl methyl sites for hydroxylation is 1. The Kier molecular flexibility index (Phi) is 5.01. The van der Waals surface area contributed by atoms with Gasteiger partial charge in [0, 0.05) is 11.0 Å². The van der Waals surface area contributed by atoms with E-state index >= 15 is 0 Å². The molecule has 4 heteroatoms. The number of piperidine rings is 1. The van der Waals surface area contributed by atoms with Crippen molar-refractivity contribution < 1.29 is 0 Å². The van der Waals surface area contributed by atoms with E-state index in [9.17, 15) is 0 Å². The molecular weight excluding hydrogens is 290 g/mol. The second-order valence-corrected chi connectivity index (χ2v) is 6.08. The van der Waals surface area contributed by atoms with Crippen LogP contribution in [-0.2, 0) is 0 Å². The summed E-state index contributed by atoms with van der Waals surface area (Å²) in [5.74, 6) is 1.87. The van der Waals surface area contributed by atoms with E-state index in [4.69, 9.17) is 0 Å². The molecule has 0 aromatic carbocycles. The number of anilines is 1. The van der Waals surface area contributed by atoms with E-state index in [1.807, 2.05) is 13.0 Å². The number of hydrogen-bond donors (Lipinski definition) is 1. The second kappa shape index (κ2) is 6.53. The van der Waals surface area contributed by atoms with Gasteiger partial charge in [0.1, 0.15) is 5.82 Å². The largest absolute Gasteiger partial charge is 0.370 e. The molecule has 1 aromatic rings. The summed E-state index contributed by atoms with van der Waals surface area (Å²) >= 11 is 3.47. The van der Waals surface area contributed by atoms with E-state index in [1.54, 1.807) is 0 Å². The van der Waals surface area contributed by atoms with Gasteiger partial charge in [0.2, 0.25) is 0 Å². The summed E-state index contributed by atoms with van der Waals surface area (Å²) in [5, 5.41) is 3.43. The molecule has 0 saturated carbocycles. The first kappa shape index (κ1) is 13.8. The number of nitrogens with zero attached hydrogens (tertiary/aromatic N) is 2. The Bertz CT molecular complexity index is 387. The molecule has 1 N–H and O–H groups in total. The first-order valence-corrected chi connectivity index (χ1v) is 7.50. The minimum absolute atomic E-state index is 0.880. The average Bonchev–Trinajstić information content (AvgIpc) is 2.36. The van der Waals surface area contributed by atoms with Crippen LogP contribution in [0, 0.1) is 12.8 Å². The number of halogens is 1. The molecule has 0 amide bonds. The second-order valence-electron chi connectivity index (χ2n) is 5.23. The van der Waals surface area contributed by atoms with E-state index in [0.717, 1.165) is 28.4 Å². The lowest BCUT2D eigenvalue weighted by Crippen LogP contribution is -2.30. The van der Waals surface area contributed by atoms with Crippen LogP contribution in [0.4, 0.5) is 5.82 Å². The van der Waals surface area contributed by atoms with E-state index in [2.05, 4.69) is 44.2 Å². The van der Waals surface area contributed by atoms with Crippen LogP contribution in [0.15, 0.2) is 16.6 Å². The minimum atomic E-state index is 0.880. The van der Waals surface area contributed by atoms with Gasteiger partial charge in [-0.3, -0.25) is 0 Å². The molecule has 1 fully saturated rings. The van der Waals surface area contributed by atoms with Gasteiger partial charge in [-0.15, -0.1) is 0 Å². The lowest BCUT2D eigenvalue weighted by molar-refractivity contribution is 0.215. The van der Waals surface area contributed by atoms with Gasteiger partial charge in [0.15, 0.2) is 0 Å². The standard InChI is InChI=1S/C14H22BrN3/c1-11-13(15)3-4-14(17-11)16-8-5-12-6-9-18(2)10-7-12/h3-4,12H,5-10H2,1-2H3,(H,16,17). The predicted molar refractivity (Wildman–Crippen MR) is 80.0 cm³/mol. The molecular formula is C14H22BrN3. The van der Waals surface area contributed by atoms with Gasteiger partial charge < -0.3 is 10.2 Å². The van der Waals surface area contributed by atoms with E-state index in [1.165, 1.54) is 32.4 Å². The van der Waals surface area contributed by atoms with E-state index in [0.29, 0.717) is 0 Å². The van der Waals surface area contributed by atoms with Crippen molar-refractivity contribution in [3.8, 4) is 0 Å². The third kappa shape index (κ3) is 3.95. The van der Waals surface area contributed by atoms with Crippen LogP contribution in [0.3, 0.4) is 0 Å². The van der Waals surface area contributed by atoms with Crippen LogP contribution >= 0.6 is 15.9 Å². The molecule has 0 bridgehead atoms. The molecule has 0 atom stereocenters. The first-order chi connectivity index (χ1) is 8.65. The van der Waals surface area contributed by atoms with Crippen molar-refractivity contribution in [2.45, 2.75) is 26.2 Å². The fourth-order valence-corrected chi connectivity index (χ4v) is 2.62.